The van der Waals surface area contributed by atoms with Crippen LogP contribution in [0.4, 0.5) is 0 Å². The zero-order chi connectivity index (χ0) is 8.93. The second kappa shape index (κ2) is 4.91. The fourth-order valence-electron chi connectivity index (χ4n) is 1.76. The van der Waals surface area contributed by atoms with E-state index in [0.717, 1.165) is 39.5 Å². The van der Waals surface area contributed by atoms with Gasteiger partial charge < -0.3 is 9.47 Å². The lowest BCUT2D eigenvalue weighted by molar-refractivity contribution is 0.000370. The molecule has 0 amide bonds. The Kier molecular flexibility index (Phi) is 3.55. The van der Waals surface area contributed by atoms with E-state index in [4.69, 9.17) is 9.47 Å². The molecule has 4 nitrogen and oxygen atoms in total. The molecule has 0 radical (unpaired) electrons. The fraction of sp³-hybridized carbons (Fsp3) is 1.00. The summed E-state index contributed by atoms with van der Waals surface area (Å²) in [6.45, 7) is 5.58. The second-order valence-electron chi connectivity index (χ2n) is 3.60. The van der Waals surface area contributed by atoms with Crippen molar-refractivity contribution in [1.82, 2.24) is 10.4 Å². The van der Waals surface area contributed by atoms with Crippen LogP contribution >= 0.6 is 0 Å². The number of ether oxygens (including phenoxy) is 2. The van der Waals surface area contributed by atoms with Gasteiger partial charge in [0.15, 0.2) is 0 Å². The van der Waals surface area contributed by atoms with Crippen LogP contribution in [0.25, 0.3) is 0 Å². The summed E-state index contributed by atoms with van der Waals surface area (Å²) in [7, 11) is 0. The molecule has 0 aliphatic carbocycles. The van der Waals surface area contributed by atoms with Crippen molar-refractivity contribution >= 4 is 0 Å². The lowest BCUT2D eigenvalue weighted by Crippen LogP contribution is -2.48. The molecule has 2 aliphatic heterocycles. The lowest BCUT2D eigenvalue weighted by Gasteiger charge is -2.28. The third kappa shape index (κ3) is 2.91. The summed E-state index contributed by atoms with van der Waals surface area (Å²) in [5.41, 5.74) is 3.39. The van der Waals surface area contributed by atoms with Crippen molar-refractivity contribution in [3.05, 3.63) is 0 Å². The molecule has 2 aliphatic rings. The molecule has 4 heteroatoms. The molecule has 2 saturated heterocycles. The van der Waals surface area contributed by atoms with Crippen LogP contribution in [-0.2, 0) is 9.47 Å². The van der Waals surface area contributed by atoms with Gasteiger partial charge in [-0.15, -0.1) is 0 Å². The third-order valence-electron chi connectivity index (χ3n) is 2.58. The number of nitrogens with zero attached hydrogens (tertiary/aromatic N) is 1. The van der Waals surface area contributed by atoms with Gasteiger partial charge in [-0.3, -0.25) is 5.43 Å². The molecule has 0 bridgehead atoms. The van der Waals surface area contributed by atoms with E-state index in [2.05, 4.69) is 10.4 Å². The standard InChI is InChI=1S/C9H18N2O2/c1-2-9(13-5-1)8-10-11-3-6-12-7-4-11/h9-10H,1-8H2. The molecule has 0 aromatic rings. The highest BCUT2D eigenvalue weighted by atomic mass is 16.5. The highest BCUT2D eigenvalue weighted by Crippen LogP contribution is 2.10. The Balaban J connectivity index is 1.60. The SMILES string of the molecule is C1COC(CNN2CCOCC2)C1. The Bertz CT molecular complexity index is 143. The summed E-state index contributed by atoms with van der Waals surface area (Å²) in [6, 6.07) is 0. The number of hydrogen-bond acceptors (Lipinski definition) is 4. The number of hydrazine groups is 1. The van der Waals surface area contributed by atoms with Crippen molar-refractivity contribution in [2.75, 3.05) is 39.5 Å². The van der Waals surface area contributed by atoms with Crippen LogP contribution in [-0.4, -0.2) is 50.6 Å². The maximum absolute atomic E-state index is 5.52. The first-order valence-electron chi connectivity index (χ1n) is 5.13. The number of rotatable bonds is 3. The first kappa shape index (κ1) is 9.40. The number of morpholine rings is 1. The number of nitrogens with one attached hydrogen (secondary N) is 1. The molecule has 0 saturated carbocycles. The van der Waals surface area contributed by atoms with Crippen molar-refractivity contribution in [3.8, 4) is 0 Å². The molecule has 0 spiro atoms. The van der Waals surface area contributed by atoms with Crippen LogP contribution in [0.1, 0.15) is 12.8 Å². The average molecular weight is 186 g/mol. The highest BCUT2D eigenvalue weighted by Gasteiger charge is 2.17. The lowest BCUT2D eigenvalue weighted by atomic mass is 10.2. The molecule has 1 N–H and O–H groups in total. The van der Waals surface area contributed by atoms with Crippen LogP contribution in [0.3, 0.4) is 0 Å². The Morgan fingerprint density at radius 3 is 2.77 bits per heavy atom. The van der Waals surface area contributed by atoms with Gasteiger partial charge in [-0.25, -0.2) is 5.01 Å². The monoisotopic (exact) mass is 186 g/mol. The van der Waals surface area contributed by atoms with Gasteiger partial charge in [-0.1, -0.05) is 0 Å². The van der Waals surface area contributed by atoms with Crippen molar-refractivity contribution < 1.29 is 9.47 Å². The normalized spacial score (nSPS) is 30.9. The number of hydrogen-bond donors (Lipinski definition) is 1. The van der Waals surface area contributed by atoms with Gasteiger partial charge in [0.05, 0.1) is 19.3 Å². The largest absolute Gasteiger partial charge is 0.379 e. The highest BCUT2D eigenvalue weighted by molar-refractivity contribution is 4.67. The van der Waals surface area contributed by atoms with Gasteiger partial charge in [-0.05, 0) is 12.8 Å². The summed E-state index contributed by atoms with van der Waals surface area (Å²) in [4.78, 5) is 0. The molecule has 1 unspecified atom stereocenters. The van der Waals surface area contributed by atoms with E-state index >= 15 is 0 Å². The minimum atomic E-state index is 0.433. The molecule has 13 heavy (non-hydrogen) atoms. The summed E-state index contributed by atoms with van der Waals surface area (Å²) >= 11 is 0. The Labute approximate surface area is 79.2 Å². The van der Waals surface area contributed by atoms with Crippen LogP contribution in [0, 0.1) is 0 Å². The minimum Gasteiger partial charge on any atom is -0.379 e. The molecule has 2 rings (SSSR count). The second-order valence-corrected chi connectivity index (χ2v) is 3.60. The van der Waals surface area contributed by atoms with Gasteiger partial charge in [0.1, 0.15) is 0 Å². The van der Waals surface area contributed by atoms with Crippen LogP contribution in [0.15, 0.2) is 0 Å². The molecule has 0 aromatic carbocycles. The van der Waals surface area contributed by atoms with E-state index in [-0.39, 0.29) is 0 Å². The maximum Gasteiger partial charge on any atom is 0.0714 e. The topological polar surface area (TPSA) is 33.7 Å². The zero-order valence-electron chi connectivity index (χ0n) is 8.00. The van der Waals surface area contributed by atoms with E-state index in [1.165, 1.54) is 12.8 Å². The quantitative estimate of drug-likeness (QED) is 0.673. The molecular formula is C9H18N2O2. The van der Waals surface area contributed by atoms with Gasteiger partial charge in [0.2, 0.25) is 0 Å². The maximum atomic E-state index is 5.52. The molecule has 1 atom stereocenters. The molecule has 2 fully saturated rings. The summed E-state index contributed by atoms with van der Waals surface area (Å²) < 4.78 is 10.8. The van der Waals surface area contributed by atoms with E-state index < -0.39 is 0 Å². The minimum absolute atomic E-state index is 0.433. The Hall–Kier alpha value is -0.160. The predicted molar refractivity (Wildman–Crippen MR) is 49.4 cm³/mol. The summed E-state index contributed by atoms with van der Waals surface area (Å²) in [5, 5.41) is 2.23. The Morgan fingerprint density at radius 2 is 2.08 bits per heavy atom. The average Bonchev–Trinajstić information content (AvgIpc) is 2.69. The smallest absolute Gasteiger partial charge is 0.0714 e. The van der Waals surface area contributed by atoms with Gasteiger partial charge >= 0.3 is 0 Å². The van der Waals surface area contributed by atoms with E-state index in [1.807, 2.05) is 0 Å². The van der Waals surface area contributed by atoms with Gasteiger partial charge in [0, 0.05) is 26.2 Å². The first-order valence-corrected chi connectivity index (χ1v) is 5.13. The van der Waals surface area contributed by atoms with Crippen LogP contribution in [0.2, 0.25) is 0 Å². The van der Waals surface area contributed by atoms with E-state index in [0.29, 0.717) is 6.10 Å². The first-order chi connectivity index (χ1) is 6.45. The predicted octanol–water partition coefficient (Wildman–Crippen LogP) is 0.00220. The van der Waals surface area contributed by atoms with Gasteiger partial charge in [0.25, 0.3) is 0 Å². The van der Waals surface area contributed by atoms with Gasteiger partial charge in [-0.2, -0.15) is 0 Å². The van der Waals surface area contributed by atoms with Crippen LogP contribution in [0.5, 0.6) is 0 Å². The molecule has 0 aromatic heterocycles. The molecule has 76 valence electrons. The van der Waals surface area contributed by atoms with Crippen LogP contribution < -0.4 is 5.43 Å². The Morgan fingerprint density at radius 1 is 1.23 bits per heavy atom. The van der Waals surface area contributed by atoms with E-state index in [9.17, 15) is 0 Å². The summed E-state index contributed by atoms with van der Waals surface area (Å²) in [5.74, 6) is 0. The van der Waals surface area contributed by atoms with Crippen molar-refractivity contribution in [1.29, 1.82) is 0 Å². The molecule has 2 heterocycles. The molecular weight excluding hydrogens is 168 g/mol. The fourth-order valence-corrected chi connectivity index (χ4v) is 1.76. The van der Waals surface area contributed by atoms with Crippen molar-refractivity contribution in [2.45, 2.75) is 18.9 Å². The van der Waals surface area contributed by atoms with Crippen molar-refractivity contribution in [3.63, 3.8) is 0 Å². The zero-order valence-corrected chi connectivity index (χ0v) is 8.00. The van der Waals surface area contributed by atoms with Crippen molar-refractivity contribution in [2.24, 2.45) is 0 Å². The summed E-state index contributed by atoms with van der Waals surface area (Å²) in [6.07, 6.45) is 2.86. The van der Waals surface area contributed by atoms with E-state index in [1.54, 1.807) is 0 Å². The third-order valence-corrected chi connectivity index (χ3v) is 2.58.